The molecule has 3 rings (SSSR count). The molecule has 4 nitrogen and oxygen atoms in total. The van der Waals surface area contributed by atoms with Crippen LogP contribution in [0.3, 0.4) is 0 Å². The molecule has 26 heavy (non-hydrogen) atoms. The Morgan fingerprint density at radius 3 is 2.73 bits per heavy atom. The first-order valence-electron chi connectivity index (χ1n) is 7.98. The van der Waals surface area contributed by atoms with Gasteiger partial charge >= 0.3 is 0 Å². The van der Waals surface area contributed by atoms with Gasteiger partial charge in [0.2, 0.25) is 0 Å². The lowest BCUT2D eigenvalue weighted by molar-refractivity contribution is 0.0954. The van der Waals surface area contributed by atoms with E-state index in [9.17, 15) is 9.18 Å². The second kappa shape index (κ2) is 8.40. The Bertz CT molecular complexity index is 906. The molecule has 1 N–H and O–H groups in total. The van der Waals surface area contributed by atoms with E-state index in [1.54, 1.807) is 41.8 Å². The molecule has 1 amide bonds. The van der Waals surface area contributed by atoms with Crippen molar-refractivity contribution in [2.75, 3.05) is 6.54 Å². The number of carbonyl (C=O) groups excluding carboxylic acids is 1. The van der Waals surface area contributed by atoms with Gasteiger partial charge in [-0.15, -0.1) is 17.9 Å². The molecule has 1 heterocycles. The van der Waals surface area contributed by atoms with Crippen LogP contribution in [0.5, 0.6) is 5.75 Å². The Morgan fingerprint density at radius 1 is 1.23 bits per heavy atom. The van der Waals surface area contributed by atoms with Crippen molar-refractivity contribution in [2.24, 2.45) is 0 Å². The molecule has 0 aliphatic carbocycles. The third kappa shape index (κ3) is 4.34. The van der Waals surface area contributed by atoms with E-state index in [4.69, 9.17) is 4.74 Å². The maximum Gasteiger partial charge on any atom is 0.271 e. The van der Waals surface area contributed by atoms with E-state index in [1.165, 1.54) is 17.4 Å². The van der Waals surface area contributed by atoms with Crippen LogP contribution in [0.25, 0.3) is 10.6 Å². The van der Waals surface area contributed by atoms with Gasteiger partial charge in [0.25, 0.3) is 5.91 Å². The van der Waals surface area contributed by atoms with Gasteiger partial charge in [-0.1, -0.05) is 24.3 Å². The number of hydrogen-bond donors (Lipinski definition) is 1. The van der Waals surface area contributed by atoms with Crippen LogP contribution in [-0.4, -0.2) is 17.4 Å². The molecule has 0 radical (unpaired) electrons. The minimum Gasteiger partial charge on any atom is -0.489 e. The molecular formula is C20H17FN2O2S. The fourth-order valence-corrected chi connectivity index (χ4v) is 3.04. The fourth-order valence-electron chi connectivity index (χ4n) is 2.24. The number of carbonyl (C=O) groups is 1. The number of benzene rings is 2. The third-order valence-electron chi connectivity index (χ3n) is 3.60. The normalized spacial score (nSPS) is 10.3. The lowest BCUT2D eigenvalue weighted by atomic mass is 10.2. The second-order valence-corrected chi connectivity index (χ2v) is 6.30. The van der Waals surface area contributed by atoms with Crippen molar-refractivity contribution in [1.29, 1.82) is 0 Å². The largest absolute Gasteiger partial charge is 0.489 e. The molecule has 1 aromatic heterocycles. The summed E-state index contributed by atoms with van der Waals surface area (Å²) in [4.78, 5) is 16.2. The Balaban J connectivity index is 1.64. The molecule has 0 aliphatic heterocycles. The highest BCUT2D eigenvalue weighted by Crippen LogP contribution is 2.26. The highest BCUT2D eigenvalue weighted by atomic mass is 32.1. The summed E-state index contributed by atoms with van der Waals surface area (Å²) in [6, 6.07) is 13.8. The molecule has 0 saturated carbocycles. The zero-order valence-electron chi connectivity index (χ0n) is 13.9. The highest BCUT2D eigenvalue weighted by molar-refractivity contribution is 7.13. The third-order valence-corrected chi connectivity index (χ3v) is 4.49. The van der Waals surface area contributed by atoms with E-state index in [0.29, 0.717) is 23.6 Å². The molecule has 2 aromatic carbocycles. The molecule has 3 aromatic rings. The van der Waals surface area contributed by atoms with Crippen molar-refractivity contribution < 1.29 is 13.9 Å². The van der Waals surface area contributed by atoms with Gasteiger partial charge in [0.15, 0.2) is 0 Å². The first kappa shape index (κ1) is 17.8. The summed E-state index contributed by atoms with van der Waals surface area (Å²) in [6.07, 6.45) is 1.62. The van der Waals surface area contributed by atoms with Gasteiger partial charge in [-0.3, -0.25) is 4.79 Å². The van der Waals surface area contributed by atoms with Gasteiger partial charge < -0.3 is 10.1 Å². The summed E-state index contributed by atoms with van der Waals surface area (Å²) < 4.78 is 19.2. The van der Waals surface area contributed by atoms with Gasteiger partial charge in [0.1, 0.15) is 28.9 Å². The van der Waals surface area contributed by atoms with Crippen LogP contribution in [0.1, 0.15) is 16.1 Å². The summed E-state index contributed by atoms with van der Waals surface area (Å²) in [5.74, 6) is 0.129. The van der Waals surface area contributed by atoms with Crippen molar-refractivity contribution >= 4 is 17.2 Å². The van der Waals surface area contributed by atoms with Crippen LogP contribution in [0.15, 0.2) is 66.6 Å². The van der Waals surface area contributed by atoms with Gasteiger partial charge in [0.05, 0.1) is 0 Å². The van der Waals surface area contributed by atoms with Crippen molar-refractivity contribution in [2.45, 2.75) is 6.61 Å². The first-order chi connectivity index (χ1) is 12.7. The number of nitrogens with zero attached hydrogens (tertiary/aromatic N) is 1. The van der Waals surface area contributed by atoms with Crippen LogP contribution in [-0.2, 0) is 6.61 Å². The lowest BCUT2D eigenvalue weighted by Gasteiger charge is -2.07. The molecule has 0 fully saturated rings. The van der Waals surface area contributed by atoms with Crippen molar-refractivity contribution in [1.82, 2.24) is 10.3 Å². The Kier molecular flexibility index (Phi) is 5.76. The molecule has 0 atom stereocenters. The fraction of sp³-hybridized carbons (Fsp3) is 0.100. The molecular weight excluding hydrogens is 351 g/mol. The van der Waals surface area contributed by atoms with E-state index in [2.05, 4.69) is 16.9 Å². The summed E-state index contributed by atoms with van der Waals surface area (Å²) in [5.41, 5.74) is 1.77. The Hall–Kier alpha value is -2.99. The first-order valence-corrected chi connectivity index (χ1v) is 8.86. The van der Waals surface area contributed by atoms with Gasteiger partial charge in [-0.2, -0.15) is 0 Å². The van der Waals surface area contributed by atoms with Crippen molar-refractivity contribution in [3.8, 4) is 16.3 Å². The Labute approximate surface area is 155 Å². The Morgan fingerprint density at radius 2 is 2.00 bits per heavy atom. The maximum absolute atomic E-state index is 13.6. The van der Waals surface area contributed by atoms with E-state index < -0.39 is 0 Å². The maximum atomic E-state index is 13.6. The molecule has 132 valence electrons. The number of halogens is 1. The molecule has 0 saturated heterocycles. The zero-order valence-corrected chi connectivity index (χ0v) is 14.8. The van der Waals surface area contributed by atoms with Gasteiger partial charge in [0, 0.05) is 23.1 Å². The number of hydrogen-bond acceptors (Lipinski definition) is 4. The van der Waals surface area contributed by atoms with Crippen LogP contribution in [0.4, 0.5) is 4.39 Å². The highest BCUT2D eigenvalue weighted by Gasteiger charge is 2.11. The average Bonchev–Trinajstić information content (AvgIpc) is 3.16. The predicted molar refractivity (Wildman–Crippen MR) is 101 cm³/mol. The number of nitrogens with one attached hydrogen (secondary N) is 1. The number of rotatable bonds is 7. The zero-order chi connectivity index (χ0) is 18.4. The van der Waals surface area contributed by atoms with E-state index in [1.807, 2.05) is 12.1 Å². The van der Waals surface area contributed by atoms with Crippen LogP contribution in [0, 0.1) is 5.82 Å². The van der Waals surface area contributed by atoms with Crippen LogP contribution in [0.2, 0.25) is 0 Å². The number of amides is 1. The van der Waals surface area contributed by atoms with Crippen LogP contribution < -0.4 is 10.1 Å². The van der Waals surface area contributed by atoms with Crippen molar-refractivity contribution in [3.63, 3.8) is 0 Å². The summed E-state index contributed by atoms with van der Waals surface area (Å²) in [6.45, 7) is 4.13. The number of ether oxygens (including phenoxy) is 1. The smallest absolute Gasteiger partial charge is 0.271 e. The number of thiazole rings is 1. The van der Waals surface area contributed by atoms with Crippen molar-refractivity contribution in [3.05, 3.63) is 83.6 Å². The quantitative estimate of drug-likeness (QED) is 0.627. The molecule has 0 bridgehead atoms. The SMILES string of the molecule is C=CCNC(=O)c1csc(-c2ccc(OCc3ccccc3F)cc2)n1. The second-order valence-electron chi connectivity index (χ2n) is 5.44. The van der Waals surface area contributed by atoms with E-state index >= 15 is 0 Å². The van der Waals surface area contributed by atoms with E-state index in [-0.39, 0.29) is 18.3 Å². The monoisotopic (exact) mass is 368 g/mol. The minimum absolute atomic E-state index is 0.164. The topological polar surface area (TPSA) is 51.2 Å². The molecule has 6 heteroatoms. The minimum atomic E-state index is -0.283. The standard InChI is InChI=1S/C20H17FN2O2S/c1-2-11-22-19(24)18-13-26-20(23-18)14-7-9-16(10-8-14)25-12-15-5-3-4-6-17(15)21/h2-10,13H,1,11-12H2,(H,22,24). The summed E-state index contributed by atoms with van der Waals surface area (Å²) >= 11 is 1.39. The average molecular weight is 368 g/mol. The molecule has 0 unspecified atom stereocenters. The van der Waals surface area contributed by atoms with E-state index in [0.717, 1.165) is 10.6 Å². The summed E-state index contributed by atoms with van der Waals surface area (Å²) in [5, 5.41) is 5.16. The van der Waals surface area contributed by atoms with Gasteiger partial charge in [-0.25, -0.2) is 9.37 Å². The lowest BCUT2D eigenvalue weighted by Crippen LogP contribution is -2.23. The molecule has 0 aliphatic rings. The predicted octanol–water partition coefficient (Wildman–Crippen LogP) is 4.44. The molecule has 0 spiro atoms. The summed E-state index contributed by atoms with van der Waals surface area (Å²) in [7, 11) is 0. The van der Waals surface area contributed by atoms with Crippen LogP contribution >= 0.6 is 11.3 Å². The number of aromatic nitrogens is 1. The van der Waals surface area contributed by atoms with Gasteiger partial charge in [-0.05, 0) is 30.3 Å².